The fraction of sp³-hybridized carbons (Fsp3) is 0.268. The number of anilines is 3. The van der Waals surface area contributed by atoms with E-state index in [9.17, 15) is 0 Å². The van der Waals surface area contributed by atoms with E-state index >= 15 is 0 Å². The van der Waals surface area contributed by atoms with Gasteiger partial charge in [0.25, 0.3) is 6.71 Å². The third-order valence-corrected chi connectivity index (χ3v) is 15.0. The predicted molar refractivity (Wildman–Crippen MR) is 196 cm³/mol. The maximum atomic E-state index is 7.05. The molecule has 228 valence electrons. The van der Waals surface area contributed by atoms with Crippen molar-refractivity contribution in [2.45, 2.75) is 71.4 Å². The highest BCUT2D eigenvalue weighted by molar-refractivity contribution is 7.02. The number of benzene rings is 5. The first-order valence-corrected chi connectivity index (χ1v) is 19.8. The van der Waals surface area contributed by atoms with Crippen molar-refractivity contribution >= 4 is 58.6 Å². The van der Waals surface area contributed by atoms with Crippen LogP contribution in [-0.2, 0) is 10.8 Å². The molecule has 0 radical (unpaired) electrons. The van der Waals surface area contributed by atoms with E-state index in [4.69, 9.17) is 9.47 Å². The lowest BCUT2D eigenvalue weighted by Crippen LogP contribution is -2.59. The minimum atomic E-state index is -1.90. The first-order chi connectivity index (χ1) is 21.9. The normalized spacial score (nSPS) is 18.5. The minimum absolute atomic E-state index is 0.0462. The van der Waals surface area contributed by atoms with Gasteiger partial charge in [0.1, 0.15) is 31.1 Å². The van der Waals surface area contributed by atoms with Crippen molar-refractivity contribution in [3.63, 3.8) is 0 Å². The fourth-order valence-corrected chi connectivity index (χ4v) is 11.7. The quantitative estimate of drug-likeness (QED) is 0.177. The Labute approximate surface area is 274 Å². The van der Waals surface area contributed by atoms with E-state index in [1.165, 1.54) is 62.2 Å². The van der Waals surface area contributed by atoms with Gasteiger partial charge in [-0.3, -0.25) is 0 Å². The number of nitrogens with zero attached hydrogens (tertiary/aromatic N) is 1. The predicted octanol–water partition coefficient (Wildman–Crippen LogP) is 7.68. The Balaban J connectivity index is 1.30. The summed E-state index contributed by atoms with van der Waals surface area (Å²) in [5.74, 6) is 3.69. The molecular formula is C41H40BNO2Si. The number of rotatable bonds is 1. The monoisotopic (exact) mass is 617 g/mol. The highest BCUT2D eigenvalue weighted by Gasteiger charge is 2.45. The standard InChI is InChI=1S/C41H40BNO2Si/c1-25-16-17-33-29(20-25)42-30-23-27-28(41(4,5)19-18-40(27,2)3)24-34(30)45-36-22-26(21-35(44-33)39(36)42)43-31-12-8-10-14-37(31)46(6,7)38-15-11-9-13-32(38)43/h8-17,20-24H,18-19H2,1-7H3. The lowest BCUT2D eigenvalue weighted by Gasteiger charge is -2.44. The SMILES string of the molecule is Cc1ccc2c(c1)B1c3cc4c(cc3Oc3cc(N5c6ccccc6[Si](C)(C)c6ccccc65)cc(c31)O2)C(C)(C)CCC4(C)C. The molecule has 0 N–H and O–H groups in total. The number of fused-ring (bicyclic) bond motifs is 7. The summed E-state index contributed by atoms with van der Waals surface area (Å²) in [6, 6.07) is 33.9. The van der Waals surface area contributed by atoms with E-state index in [-0.39, 0.29) is 17.5 Å². The smallest absolute Gasteiger partial charge is 0.260 e. The van der Waals surface area contributed by atoms with Crippen molar-refractivity contribution in [2.75, 3.05) is 4.90 Å². The lowest BCUT2D eigenvalue weighted by molar-refractivity contribution is 0.330. The second-order valence-corrected chi connectivity index (χ2v) is 20.1. The molecule has 5 aromatic carbocycles. The second kappa shape index (κ2) is 9.19. The molecule has 4 aliphatic rings. The van der Waals surface area contributed by atoms with Gasteiger partial charge in [-0.15, -0.1) is 0 Å². The van der Waals surface area contributed by atoms with Crippen LogP contribution >= 0.6 is 0 Å². The average molecular weight is 618 g/mol. The molecular weight excluding hydrogens is 577 g/mol. The van der Waals surface area contributed by atoms with Crippen LogP contribution in [0.4, 0.5) is 17.1 Å². The van der Waals surface area contributed by atoms with Gasteiger partial charge >= 0.3 is 0 Å². The van der Waals surface area contributed by atoms with Gasteiger partial charge in [0.2, 0.25) is 0 Å². The van der Waals surface area contributed by atoms with Crippen LogP contribution in [0, 0.1) is 6.92 Å². The largest absolute Gasteiger partial charge is 0.458 e. The van der Waals surface area contributed by atoms with Crippen LogP contribution in [0.5, 0.6) is 23.0 Å². The zero-order valence-corrected chi connectivity index (χ0v) is 28.9. The molecule has 0 amide bonds. The number of hydrogen-bond acceptors (Lipinski definition) is 3. The molecule has 0 unspecified atom stereocenters. The van der Waals surface area contributed by atoms with Gasteiger partial charge in [0.05, 0.1) is 5.69 Å². The summed E-state index contributed by atoms with van der Waals surface area (Å²) in [5, 5.41) is 2.89. The van der Waals surface area contributed by atoms with Gasteiger partial charge < -0.3 is 14.4 Å². The number of ether oxygens (including phenoxy) is 2. The van der Waals surface area contributed by atoms with Gasteiger partial charge in [-0.1, -0.05) is 101 Å². The third kappa shape index (κ3) is 3.78. The lowest BCUT2D eigenvalue weighted by atomic mass is 9.34. The van der Waals surface area contributed by atoms with Crippen LogP contribution in [-0.4, -0.2) is 14.8 Å². The molecule has 0 aromatic heterocycles. The molecule has 0 fully saturated rings. The highest BCUT2D eigenvalue weighted by atomic mass is 28.3. The molecule has 3 heterocycles. The molecule has 5 heteroatoms. The van der Waals surface area contributed by atoms with Crippen LogP contribution in [0.25, 0.3) is 0 Å². The molecule has 5 aromatic rings. The van der Waals surface area contributed by atoms with Gasteiger partial charge in [0.15, 0.2) is 0 Å². The summed E-state index contributed by atoms with van der Waals surface area (Å²) in [5.41, 5.74) is 11.5. The molecule has 0 saturated heterocycles. The summed E-state index contributed by atoms with van der Waals surface area (Å²) >= 11 is 0. The summed E-state index contributed by atoms with van der Waals surface area (Å²) < 4.78 is 13.9. The number of aryl methyl sites for hydroxylation is 1. The molecule has 3 nitrogen and oxygen atoms in total. The second-order valence-electron chi connectivity index (χ2n) is 15.7. The Morgan fingerprint density at radius 1 is 0.630 bits per heavy atom. The van der Waals surface area contributed by atoms with Crippen LogP contribution < -0.4 is 41.1 Å². The van der Waals surface area contributed by atoms with Crippen LogP contribution in [0.3, 0.4) is 0 Å². The number of para-hydroxylation sites is 2. The van der Waals surface area contributed by atoms with Crippen LogP contribution in [0.1, 0.15) is 57.2 Å². The van der Waals surface area contributed by atoms with Crippen LogP contribution in [0.2, 0.25) is 13.1 Å². The molecule has 3 aliphatic heterocycles. The number of hydrogen-bond donors (Lipinski definition) is 0. The van der Waals surface area contributed by atoms with Gasteiger partial charge in [-0.2, -0.15) is 0 Å². The molecule has 0 saturated carbocycles. The van der Waals surface area contributed by atoms with Crippen molar-refractivity contribution < 1.29 is 9.47 Å². The van der Waals surface area contributed by atoms with E-state index in [2.05, 4.69) is 144 Å². The maximum absolute atomic E-state index is 7.05. The van der Waals surface area contributed by atoms with E-state index in [1.54, 1.807) is 0 Å². The summed E-state index contributed by atoms with van der Waals surface area (Å²) in [7, 11) is -1.90. The third-order valence-electron chi connectivity index (χ3n) is 11.5. The summed E-state index contributed by atoms with van der Waals surface area (Å²) in [4.78, 5) is 2.43. The van der Waals surface area contributed by atoms with E-state index in [0.29, 0.717) is 0 Å². The van der Waals surface area contributed by atoms with Crippen LogP contribution in [0.15, 0.2) is 91.0 Å². The fourth-order valence-electron chi connectivity index (χ4n) is 8.74. The minimum Gasteiger partial charge on any atom is -0.458 e. The molecule has 0 spiro atoms. The average Bonchev–Trinajstić information content (AvgIpc) is 3.03. The molecule has 1 aliphatic carbocycles. The Hall–Kier alpha value is -4.22. The zero-order valence-electron chi connectivity index (χ0n) is 27.9. The van der Waals surface area contributed by atoms with Crippen molar-refractivity contribution in [1.29, 1.82) is 0 Å². The Morgan fingerprint density at radius 2 is 1.17 bits per heavy atom. The zero-order chi connectivity index (χ0) is 31.7. The molecule has 46 heavy (non-hydrogen) atoms. The van der Waals surface area contributed by atoms with Gasteiger partial charge in [-0.05, 0) is 87.3 Å². The van der Waals surface area contributed by atoms with Crippen molar-refractivity contribution in [1.82, 2.24) is 0 Å². The van der Waals surface area contributed by atoms with Gasteiger partial charge in [0, 0.05) is 29.0 Å². The Morgan fingerprint density at radius 3 is 1.80 bits per heavy atom. The summed E-state index contributed by atoms with van der Waals surface area (Å²) in [6.07, 6.45) is 2.35. The Kier molecular flexibility index (Phi) is 5.60. The van der Waals surface area contributed by atoms with E-state index < -0.39 is 8.07 Å². The maximum Gasteiger partial charge on any atom is 0.260 e. The molecule has 0 bridgehead atoms. The molecule has 0 atom stereocenters. The van der Waals surface area contributed by atoms with Crippen molar-refractivity contribution in [2.24, 2.45) is 0 Å². The van der Waals surface area contributed by atoms with E-state index in [1.807, 2.05) is 0 Å². The van der Waals surface area contributed by atoms with E-state index in [0.717, 1.165) is 34.1 Å². The summed E-state index contributed by atoms with van der Waals surface area (Å²) in [6.45, 7) is 16.8. The first-order valence-electron chi connectivity index (χ1n) is 16.8. The van der Waals surface area contributed by atoms with Crippen molar-refractivity contribution in [3.05, 3.63) is 108 Å². The highest BCUT2D eigenvalue weighted by Crippen LogP contribution is 2.49. The topological polar surface area (TPSA) is 21.7 Å². The van der Waals surface area contributed by atoms with Crippen molar-refractivity contribution in [3.8, 4) is 23.0 Å². The first kappa shape index (κ1) is 28.0. The van der Waals surface area contributed by atoms with Gasteiger partial charge in [-0.25, -0.2) is 0 Å². The molecule has 9 rings (SSSR count). The Bertz CT molecular complexity index is 2080.